The van der Waals surface area contributed by atoms with E-state index in [1.807, 2.05) is 0 Å². The molecule has 0 unspecified atom stereocenters. The molecule has 19 heavy (non-hydrogen) atoms. The highest BCUT2D eigenvalue weighted by Crippen LogP contribution is 2.16. The molecule has 0 fully saturated rings. The molecule has 1 rings (SSSR count). The van der Waals surface area contributed by atoms with Gasteiger partial charge in [0.25, 0.3) is 5.91 Å². The Kier molecular flexibility index (Phi) is 5.60. The molecule has 0 aliphatic rings. The number of amides is 1. The monoisotopic (exact) mass is 267 g/mol. The number of carboxylic acids is 1. The van der Waals surface area contributed by atoms with Crippen LogP contribution in [0.3, 0.4) is 0 Å². The third-order valence-electron chi connectivity index (χ3n) is 3.29. The Balaban J connectivity index is 2.75. The van der Waals surface area contributed by atoms with E-state index in [9.17, 15) is 9.59 Å². The predicted molar refractivity (Wildman–Crippen MR) is 71.5 cm³/mol. The van der Waals surface area contributed by atoms with Gasteiger partial charge in [0.15, 0.2) is 5.76 Å². The zero-order valence-corrected chi connectivity index (χ0v) is 11.7. The lowest BCUT2D eigenvalue weighted by Crippen LogP contribution is -2.28. The van der Waals surface area contributed by atoms with Gasteiger partial charge in [-0.3, -0.25) is 4.79 Å². The summed E-state index contributed by atoms with van der Waals surface area (Å²) < 4.78 is 5.29. The normalized spacial score (nSPS) is 10.7. The van der Waals surface area contributed by atoms with Crippen molar-refractivity contribution >= 4 is 11.9 Å². The second kappa shape index (κ2) is 6.97. The first kappa shape index (κ1) is 15.3. The Hall–Kier alpha value is -1.78. The summed E-state index contributed by atoms with van der Waals surface area (Å²) in [6.07, 6.45) is 2.44. The summed E-state index contributed by atoms with van der Waals surface area (Å²) in [6, 6.07) is 1.30. The van der Waals surface area contributed by atoms with E-state index in [0.717, 1.165) is 12.8 Å². The first-order valence-corrected chi connectivity index (χ1v) is 6.67. The fourth-order valence-corrected chi connectivity index (χ4v) is 1.89. The topological polar surface area (TPSA) is 79.5 Å². The number of aromatic carboxylic acids is 1. The van der Waals surface area contributed by atoms with Gasteiger partial charge in [0.2, 0.25) is 0 Å². The van der Waals surface area contributed by atoms with E-state index in [4.69, 9.17) is 9.52 Å². The van der Waals surface area contributed by atoms with Gasteiger partial charge in [-0.25, -0.2) is 4.79 Å². The summed E-state index contributed by atoms with van der Waals surface area (Å²) in [5.41, 5.74) is 0.0650. The van der Waals surface area contributed by atoms with Crippen molar-refractivity contribution in [3.05, 3.63) is 23.2 Å². The van der Waals surface area contributed by atoms with E-state index in [1.54, 1.807) is 6.92 Å². The van der Waals surface area contributed by atoms with Crippen LogP contribution < -0.4 is 5.32 Å². The molecule has 0 saturated carbocycles. The summed E-state index contributed by atoms with van der Waals surface area (Å²) >= 11 is 0. The lowest BCUT2D eigenvalue weighted by Gasteiger charge is -2.12. The van der Waals surface area contributed by atoms with Crippen molar-refractivity contribution in [2.75, 3.05) is 6.54 Å². The van der Waals surface area contributed by atoms with Crippen LogP contribution in [0.15, 0.2) is 10.5 Å². The van der Waals surface area contributed by atoms with E-state index in [0.29, 0.717) is 24.6 Å². The first-order valence-electron chi connectivity index (χ1n) is 6.67. The van der Waals surface area contributed by atoms with Crippen molar-refractivity contribution in [3.8, 4) is 0 Å². The van der Waals surface area contributed by atoms with Crippen LogP contribution >= 0.6 is 0 Å². The van der Waals surface area contributed by atoms with Crippen molar-refractivity contribution in [1.29, 1.82) is 0 Å². The van der Waals surface area contributed by atoms with E-state index < -0.39 is 5.97 Å². The molecule has 0 aromatic carbocycles. The Bertz CT molecular complexity index is 446. The number of furan rings is 1. The number of nitrogens with one attached hydrogen (secondary N) is 1. The Labute approximate surface area is 113 Å². The average molecular weight is 267 g/mol. The number of hydrogen-bond donors (Lipinski definition) is 2. The molecule has 1 aromatic rings. The molecule has 1 amide bonds. The van der Waals surface area contributed by atoms with Crippen LogP contribution in [0.2, 0.25) is 0 Å². The van der Waals surface area contributed by atoms with Crippen LogP contribution in [0, 0.1) is 5.92 Å². The molecule has 1 aromatic heterocycles. The third kappa shape index (κ3) is 3.84. The molecule has 1 heterocycles. The molecule has 0 aliphatic heterocycles. The minimum atomic E-state index is -1.07. The SMILES string of the molecule is CCc1oc(C(=O)NCC(CC)CC)cc1C(=O)O. The van der Waals surface area contributed by atoms with E-state index in [1.165, 1.54) is 6.07 Å². The molecule has 106 valence electrons. The highest BCUT2D eigenvalue weighted by molar-refractivity contribution is 5.96. The smallest absolute Gasteiger partial charge is 0.339 e. The molecule has 2 N–H and O–H groups in total. The summed E-state index contributed by atoms with van der Waals surface area (Å²) in [4.78, 5) is 22.9. The second-order valence-corrected chi connectivity index (χ2v) is 4.50. The molecule has 0 saturated heterocycles. The number of hydrogen-bond acceptors (Lipinski definition) is 3. The van der Waals surface area contributed by atoms with Gasteiger partial charge in [0, 0.05) is 19.0 Å². The maximum absolute atomic E-state index is 11.9. The van der Waals surface area contributed by atoms with Crippen molar-refractivity contribution in [3.63, 3.8) is 0 Å². The Morgan fingerprint density at radius 3 is 2.37 bits per heavy atom. The van der Waals surface area contributed by atoms with Crippen molar-refractivity contribution in [1.82, 2.24) is 5.32 Å². The number of aryl methyl sites for hydroxylation is 1. The van der Waals surface area contributed by atoms with E-state index in [2.05, 4.69) is 19.2 Å². The van der Waals surface area contributed by atoms with Gasteiger partial charge >= 0.3 is 5.97 Å². The van der Waals surface area contributed by atoms with Gasteiger partial charge in [-0.05, 0) is 5.92 Å². The van der Waals surface area contributed by atoms with Gasteiger partial charge in [-0.1, -0.05) is 33.6 Å². The quantitative estimate of drug-likeness (QED) is 0.796. The molecule has 5 heteroatoms. The molecular weight excluding hydrogens is 246 g/mol. The number of carboxylic acid groups (broad SMARTS) is 1. The van der Waals surface area contributed by atoms with Gasteiger partial charge in [0.05, 0.1) is 0 Å². The summed E-state index contributed by atoms with van der Waals surface area (Å²) in [6.45, 7) is 6.52. The van der Waals surface area contributed by atoms with Crippen LogP contribution in [-0.2, 0) is 6.42 Å². The minimum absolute atomic E-state index is 0.0650. The average Bonchev–Trinajstić information content (AvgIpc) is 2.84. The summed E-state index contributed by atoms with van der Waals surface area (Å²) in [7, 11) is 0. The van der Waals surface area contributed by atoms with E-state index >= 15 is 0 Å². The van der Waals surface area contributed by atoms with Crippen molar-refractivity contribution < 1.29 is 19.1 Å². The van der Waals surface area contributed by atoms with Gasteiger partial charge in [-0.15, -0.1) is 0 Å². The molecule has 5 nitrogen and oxygen atoms in total. The zero-order chi connectivity index (χ0) is 14.4. The third-order valence-corrected chi connectivity index (χ3v) is 3.29. The number of rotatable bonds is 7. The highest BCUT2D eigenvalue weighted by atomic mass is 16.4. The van der Waals surface area contributed by atoms with Crippen LogP contribution in [0.4, 0.5) is 0 Å². The van der Waals surface area contributed by atoms with Crippen LogP contribution in [0.25, 0.3) is 0 Å². The highest BCUT2D eigenvalue weighted by Gasteiger charge is 2.20. The lowest BCUT2D eigenvalue weighted by molar-refractivity contribution is 0.0694. The van der Waals surface area contributed by atoms with E-state index in [-0.39, 0.29) is 17.2 Å². The zero-order valence-electron chi connectivity index (χ0n) is 11.7. The maximum atomic E-state index is 11.9. The molecule has 0 bridgehead atoms. The molecular formula is C14H21NO4. The first-order chi connectivity index (χ1) is 9.03. The lowest BCUT2D eigenvalue weighted by atomic mass is 10.0. The molecule has 0 aliphatic carbocycles. The Morgan fingerprint density at radius 2 is 1.95 bits per heavy atom. The molecule has 0 atom stereocenters. The molecule has 0 spiro atoms. The Morgan fingerprint density at radius 1 is 1.32 bits per heavy atom. The fourth-order valence-electron chi connectivity index (χ4n) is 1.89. The van der Waals surface area contributed by atoms with Crippen LogP contribution in [0.5, 0.6) is 0 Å². The number of carbonyl (C=O) groups excluding carboxylic acids is 1. The van der Waals surface area contributed by atoms with Crippen LogP contribution in [0.1, 0.15) is 60.3 Å². The minimum Gasteiger partial charge on any atom is -0.478 e. The van der Waals surface area contributed by atoms with Crippen LogP contribution in [-0.4, -0.2) is 23.5 Å². The molecule has 0 radical (unpaired) electrons. The van der Waals surface area contributed by atoms with Gasteiger partial charge < -0.3 is 14.8 Å². The predicted octanol–water partition coefficient (Wildman–Crippen LogP) is 2.71. The maximum Gasteiger partial charge on any atom is 0.339 e. The van der Waals surface area contributed by atoms with Crippen molar-refractivity contribution in [2.24, 2.45) is 5.92 Å². The van der Waals surface area contributed by atoms with Gasteiger partial charge in [0.1, 0.15) is 11.3 Å². The fraction of sp³-hybridized carbons (Fsp3) is 0.571. The van der Waals surface area contributed by atoms with Gasteiger partial charge in [-0.2, -0.15) is 0 Å². The summed E-state index contributed by atoms with van der Waals surface area (Å²) in [5, 5.41) is 11.8. The summed E-state index contributed by atoms with van der Waals surface area (Å²) in [5.74, 6) is -0.586. The largest absolute Gasteiger partial charge is 0.478 e. The number of carbonyl (C=O) groups is 2. The van der Waals surface area contributed by atoms with Crippen molar-refractivity contribution in [2.45, 2.75) is 40.0 Å². The second-order valence-electron chi connectivity index (χ2n) is 4.50. The standard InChI is InChI=1S/C14H21NO4/c1-4-9(5-2)8-15-13(16)12-7-10(14(17)18)11(6-3)19-12/h7,9H,4-6,8H2,1-3H3,(H,15,16)(H,17,18).